The number of halogens is 1. The van der Waals surface area contributed by atoms with Crippen molar-refractivity contribution in [3.63, 3.8) is 0 Å². The highest BCUT2D eigenvalue weighted by atomic mass is 35.5. The Morgan fingerprint density at radius 3 is 2.56 bits per heavy atom. The van der Waals surface area contributed by atoms with Gasteiger partial charge in [0.25, 0.3) is 0 Å². The van der Waals surface area contributed by atoms with E-state index >= 15 is 0 Å². The molecule has 6 nitrogen and oxygen atoms in total. The van der Waals surface area contributed by atoms with Gasteiger partial charge in [0.1, 0.15) is 0 Å². The summed E-state index contributed by atoms with van der Waals surface area (Å²) in [7, 11) is 0. The molecule has 1 unspecified atom stereocenters. The molecule has 2 amide bonds. The minimum atomic E-state index is -0.441. The number of hydrogen-bond donors (Lipinski definition) is 2. The fourth-order valence-corrected chi connectivity index (χ4v) is 2.69. The van der Waals surface area contributed by atoms with Gasteiger partial charge in [-0.15, -0.1) is 0 Å². The summed E-state index contributed by atoms with van der Waals surface area (Å²) >= 11 is 5.89. The average molecular weight is 361 g/mol. The molecule has 1 aliphatic heterocycles. The van der Waals surface area contributed by atoms with E-state index in [1.165, 1.54) is 6.92 Å². The Hall–Kier alpha value is -2.73. The molecule has 130 valence electrons. The Balaban J connectivity index is 1.69. The van der Waals surface area contributed by atoms with E-state index in [9.17, 15) is 9.59 Å². The SMILES string of the molecule is CC(=O)NC(CC(=O)Nc1ccc2c(c1)OCO2)c1ccc(Cl)cc1. The van der Waals surface area contributed by atoms with Gasteiger partial charge in [0.2, 0.25) is 18.6 Å². The maximum Gasteiger partial charge on any atom is 0.231 e. The third kappa shape index (κ3) is 4.42. The molecule has 0 spiro atoms. The van der Waals surface area contributed by atoms with Gasteiger partial charge in [-0.05, 0) is 29.8 Å². The molecule has 0 saturated carbocycles. The fourth-order valence-electron chi connectivity index (χ4n) is 2.56. The number of ether oxygens (including phenoxy) is 2. The highest BCUT2D eigenvalue weighted by molar-refractivity contribution is 6.30. The molecule has 25 heavy (non-hydrogen) atoms. The van der Waals surface area contributed by atoms with Crippen LogP contribution in [0.1, 0.15) is 24.9 Å². The van der Waals surface area contributed by atoms with Crippen LogP contribution in [-0.2, 0) is 9.59 Å². The van der Waals surface area contributed by atoms with Gasteiger partial charge in [-0.2, -0.15) is 0 Å². The topological polar surface area (TPSA) is 76.7 Å². The maximum absolute atomic E-state index is 12.4. The van der Waals surface area contributed by atoms with Crippen molar-refractivity contribution in [3.05, 3.63) is 53.1 Å². The first-order valence-corrected chi connectivity index (χ1v) is 8.11. The monoisotopic (exact) mass is 360 g/mol. The number of rotatable bonds is 5. The molecule has 7 heteroatoms. The number of carbonyl (C=O) groups is 2. The van der Waals surface area contributed by atoms with Crippen molar-refractivity contribution in [2.24, 2.45) is 0 Å². The summed E-state index contributed by atoms with van der Waals surface area (Å²) in [6.07, 6.45) is 0.0929. The van der Waals surface area contributed by atoms with Gasteiger partial charge in [-0.1, -0.05) is 23.7 Å². The molecule has 0 saturated heterocycles. The van der Waals surface area contributed by atoms with E-state index in [1.807, 2.05) is 0 Å². The van der Waals surface area contributed by atoms with Crippen LogP contribution < -0.4 is 20.1 Å². The highest BCUT2D eigenvalue weighted by Gasteiger charge is 2.19. The molecule has 2 aromatic rings. The van der Waals surface area contributed by atoms with Crippen LogP contribution in [0, 0.1) is 0 Å². The third-order valence-electron chi connectivity index (χ3n) is 3.70. The average Bonchev–Trinajstić information content (AvgIpc) is 3.02. The van der Waals surface area contributed by atoms with Gasteiger partial charge in [-0.3, -0.25) is 9.59 Å². The van der Waals surface area contributed by atoms with E-state index in [-0.39, 0.29) is 25.0 Å². The van der Waals surface area contributed by atoms with Crippen LogP contribution in [-0.4, -0.2) is 18.6 Å². The number of nitrogens with one attached hydrogen (secondary N) is 2. The smallest absolute Gasteiger partial charge is 0.231 e. The molecule has 0 radical (unpaired) electrons. The lowest BCUT2D eigenvalue weighted by atomic mass is 10.0. The minimum absolute atomic E-state index is 0.0929. The minimum Gasteiger partial charge on any atom is -0.454 e. The van der Waals surface area contributed by atoms with Crippen LogP contribution in [0.5, 0.6) is 11.5 Å². The quantitative estimate of drug-likeness (QED) is 0.858. The number of carbonyl (C=O) groups excluding carboxylic acids is 2. The first kappa shape index (κ1) is 17.1. The second kappa shape index (κ2) is 7.44. The Morgan fingerprint density at radius 1 is 1.12 bits per heavy atom. The zero-order chi connectivity index (χ0) is 17.8. The molecule has 1 aliphatic rings. The molecular formula is C18H17ClN2O4. The van der Waals surface area contributed by atoms with E-state index in [0.29, 0.717) is 22.2 Å². The first-order valence-electron chi connectivity index (χ1n) is 7.73. The molecule has 0 aliphatic carbocycles. The van der Waals surface area contributed by atoms with Gasteiger partial charge in [0, 0.05) is 23.7 Å². The highest BCUT2D eigenvalue weighted by Crippen LogP contribution is 2.34. The molecule has 3 rings (SSSR count). The van der Waals surface area contributed by atoms with Gasteiger partial charge in [-0.25, -0.2) is 0 Å². The van der Waals surface area contributed by atoms with Crippen LogP contribution in [0.25, 0.3) is 0 Å². The molecule has 1 heterocycles. The molecule has 0 aromatic heterocycles. The number of benzene rings is 2. The molecule has 2 aromatic carbocycles. The van der Waals surface area contributed by atoms with Crippen molar-refractivity contribution in [2.45, 2.75) is 19.4 Å². The lowest BCUT2D eigenvalue weighted by Crippen LogP contribution is -2.29. The van der Waals surface area contributed by atoms with Gasteiger partial charge in [0.05, 0.1) is 12.5 Å². The fraction of sp³-hybridized carbons (Fsp3) is 0.222. The normalized spacial score (nSPS) is 13.2. The van der Waals surface area contributed by atoms with E-state index < -0.39 is 6.04 Å². The zero-order valence-electron chi connectivity index (χ0n) is 13.5. The van der Waals surface area contributed by atoms with Crippen LogP contribution >= 0.6 is 11.6 Å². The van der Waals surface area contributed by atoms with Crippen molar-refractivity contribution >= 4 is 29.1 Å². The number of fused-ring (bicyclic) bond motifs is 1. The van der Waals surface area contributed by atoms with Gasteiger partial charge in [0.15, 0.2) is 11.5 Å². The van der Waals surface area contributed by atoms with Gasteiger partial charge >= 0.3 is 0 Å². The summed E-state index contributed by atoms with van der Waals surface area (Å²) in [5.74, 6) is 0.799. The summed E-state index contributed by atoms with van der Waals surface area (Å²) in [5.41, 5.74) is 1.41. The van der Waals surface area contributed by atoms with E-state index in [2.05, 4.69) is 10.6 Å². The zero-order valence-corrected chi connectivity index (χ0v) is 14.3. The van der Waals surface area contributed by atoms with Crippen LogP contribution in [0.2, 0.25) is 5.02 Å². The van der Waals surface area contributed by atoms with Gasteiger partial charge < -0.3 is 20.1 Å². The maximum atomic E-state index is 12.4. The lowest BCUT2D eigenvalue weighted by Gasteiger charge is -2.18. The number of anilines is 1. The second-order valence-electron chi connectivity index (χ2n) is 5.63. The summed E-state index contributed by atoms with van der Waals surface area (Å²) < 4.78 is 10.5. The summed E-state index contributed by atoms with van der Waals surface area (Å²) in [6, 6.07) is 11.8. The molecule has 2 N–H and O–H groups in total. The Kier molecular flexibility index (Phi) is 5.09. The van der Waals surface area contributed by atoms with Crippen LogP contribution in [0.15, 0.2) is 42.5 Å². The van der Waals surface area contributed by atoms with E-state index in [4.69, 9.17) is 21.1 Å². The lowest BCUT2D eigenvalue weighted by molar-refractivity contribution is -0.120. The number of hydrogen-bond acceptors (Lipinski definition) is 4. The molecule has 1 atom stereocenters. The van der Waals surface area contributed by atoms with E-state index in [1.54, 1.807) is 42.5 Å². The van der Waals surface area contributed by atoms with Crippen molar-refractivity contribution in [2.75, 3.05) is 12.1 Å². The Bertz CT molecular complexity index is 792. The van der Waals surface area contributed by atoms with Crippen molar-refractivity contribution < 1.29 is 19.1 Å². The molecule has 0 bridgehead atoms. The third-order valence-corrected chi connectivity index (χ3v) is 3.95. The van der Waals surface area contributed by atoms with Crippen molar-refractivity contribution in [1.29, 1.82) is 0 Å². The standard InChI is InChI=1S/C18H17ClN2O4/c1-11(22)20-15(12-2-4-13(19)5-3-12)9-18(23)21-14-6-7-16-17(8-14)25-10-24-16/h2-8,15H,9-10H2,1H3,(H,20,22)(H,21,23). The van der Waals surface area contributed by atoms with E-state index in [0.717, 1.165) is 5.56 Å². The summed E-state index contributed by atoms with van der Waals surface area (Å²) in [5, 5.41) is 6.18. The molecular weight excluding hydrogens is 344 g/mol. The molecule has 0 fully saturated rings. The Labute approximate surface area is 150 Å². The van der Waals surface area contributed by atoms with Crippen LogP contribution in [0.4, 0.5) is 5.69 Å². The predicted octanol–water partition coefficient (Wildman–Crippen LogP) is 3.27. The Morgan fingerprint density at radius 2 is 1.84 bits per heavy atom. The van der Waals surface area contributed by atoms with Crippen molar-refractivity contribution in [1.82, 2.24) is 5.32 Å². The van der Waals surface area contributed by atoms with Crippen LogP contribution in [0.3, 0.4) is 0 Å². The number of amides is 2. The van der Waals surface area contributed by atoms with Crippen molar-refractivity contribution in [3.8, 4) is 11.5 Å². The first-order chi connectivity index (χ1) is 12.0. The largest absolute Gasteiger partial charge is 0.454 e. The summed E-state index contributed by atoms with van der Waals surface area (Å²) in [6.45, 7) is 1.59. The predicted molar refractivity (Wildman–Crippen MR) is 93.8 cm³/mol. The second-order valence-corrected chi connectivity index (χ2v) is 6.06. The summed E-state index contributed by atoms with van der Waals surface area (Å²) in [4.78, 5) is 23.8.